The van der Waals surface area contributed by atoms with Crippen LogP contribution in [0.1, 0.15) is 71.9 Å². The van der Waals surface area contributed by atoms with Crippen LogP contribution in [0.25, 0.3) is 21.5 Å². The topological polar surface area (TPSA) is 42.3 Å². The van der Waals surface area contributed by atoms with Crippen LogP contribution in [0.3, 0.4) is 0 Å². The summed E-state index contributed by atoms with van der Waals surface area (Å²) in [6.07, 6.45) is 12.8. The van der Waals surface area contributed by atoms with Crippen LogP contribution in [-0.4, -0.2) is 41.6 Å². The van der Waals surface area contributed by atoms with E-state index in [1.165, 1.54) is 72.3 Å². The van der Waals surface area contributed by atoms with Gasteiger partial charge in [-0.3, -0.25) is 0 Å². The third kappa shape index (κ3) is 7.10. The fourth-order valence-corrected chi connectivity index (χ4v) is 9.88. The minimum absolute atomic E-state index is 0.142. The molecule has 0 unspecified atom stereocenters. The second-order valence-corrected chi connectivity index (χ2v) is 16.9. The zero-order valence-electron chi connectivity index (χ0n) is 34.4. The molecule has 3 aliphatic rings. The third-order valence-corrected chi connectivity index (χ3v) is 12.6. The molecular formula is C51H56N5S+. The number of hydrogen-bond acceptors (Lipinski definition) is 3. The van der Waals surface area contributed by atoms with Crippen LogP contribution in [0.2, 0.25) is 0 Å². The molecule has 0 bridgehead atoms. The Balaban J connectivity index is 1.14. The molecule has 5 aromatic rings. The molecule has 0 saturated carbocycles. The Morgan fingerprint density at radius 2 is 1.42 bits per heavy atom. The molecule has 0 radical (unpaired) electrons. The molecular weight excluding hydrogens is 715 g/mol. The van der Waals surface area contributed by atoms with Gasteiger partial charge in [-0.25, -0.2) is 0 Å². The summed E-state index contributed by atoms with van der Waals surface area (Å²) in [5.41, 5.74) is 12.8. The molecule has 6 heteroatoms. The van der Waals surface area contributed by atoms with Crippen LogP contribution in [0, 0.1) is 0 Å². The van der Waals surface area contributed by atoms with Gasteiger partial charge in [-0.2, -0.15) is 4.58 Å². The maximum atomic E-state index is 5.66. The number of para-hydroxylation sites is 1. The number of allylic oxidation sites excluding steroid dienone is 7. The first-order valence-corrected chi connectivity index (χ1v) is 21.2. The van der Waals surface area contributed by atoms with Crippen molar-refractivity contribution in [2.45, 2.75) is 71.6 Å². The number of nitrogens with zero attached hydrogens (tertiary/aromatic N) is 2. The Morgan fingerprint density at radius 1 is 0.737 bits per heavy atom. The van der Waals surface area contributed by atoms with Crippen LogP contribution >= 0.6 is 12.2 Å². The van der Waals surface area contributed by atoms with E-state index in [1.54, 1.807) is 0 Å². The minimum atomic E-state index is -0.142. The lowest BCUT2D eigenvalue weighted by atomic mass is 9.78. The highest BCUT2D eigenvalue weighted by Gasteiger charge is 2.45. The fraction of sp³-hybridized carbons (Fsp3) is 0.294. The van der Waals surface area contributed by atoms with Gasteiger partial charge >= 0.3 is 0 Å². The Morgan fingerprint density at radius 3 is 2.14 bits per heavy atom. The highest BCUT2D eigenvalue weighted by Crippen LogP contribution is 2.51. The Kier molecular flexibility index (Phi) is 10.7. The van der Waals surface area contributed by atoms with Gasteiger partial charge in [0.15, 0.2) is 10.8 Å². The predicted molar refractivity (Wildman–Crippen MR) is 247 cm³/mol. The first kappa shape index (κ1) is 38.4. The third-order valence-electron chi connectivity index (χ3n) is 12.3. The van der Waals surface area contributed by atoms with E-state index in [4.69, 9.17) is 12.2 Å². The summed E-state index contributed by atoms with van der Waals surface area (Å²) in [5, 5.41) is 16.6. The van der Waals surface area contributed by atoms with E-state index in [0.29, 0.717) is 11.7 Å². The van der Waals surface area contributed by atoms with Crippen LogP contribution in [0.4, 0.5) is 17.1 Å². The lowest BCUT2D eigenvalue weighted by molar-refractivity contribution is -0.433. The first-order chi connectivity index (χ1) is 27.6. The van der Waals surface area contributed by atoms with E-state index in [2.05, 4.69) is 164 Å². The molecule has 2 aliphatic heterocycles. The number of benzene rings is 5. The highest BCUT2D eigenvalue weighted by molar-refractivity contribution is 7.80. The number of fused-ring (bicyclic) bond motifs is 6. The van der Waals surface area contributed by atoms with Crippen molar-refractivity contribution in [1.82, 2.24) is 10.6 Å². The van der Waals surface area contributed by atoms with Gasteiger partial charge in [0, 0.05) is 65.5 Å². The second-order valence-electron chi connectivity index (χ2n) is 16.5. The van der Waals surface area contributed by atoms with Gasteiger partial charge < -0.3 is 20.9 Å². The summed E-state index contributed by atoms with van der Waals surface area (Å²) in [7, 11) is 0. The largest absolute Gasteiger partial charge is 0.383 e. The average molecular weight is 771 g/mol. The molecule has 290 valence electrons. The van der Waals surface area contributed by atoms with Crippen molar-refractivity contribution in [3.8, 4) is 0 Å². The molecule has 0 saturated heterocycles. The molecule has 5 aromatic carbocycles. The van der Waals surface area contributed by atoms with E-state index < -0.39 is 0 Å². The van der Waals surface area contributed by atoms with Gasteiger partial charge in [0.1, 0.15) is 6.54 Å². The van der Waals surface area contributed by atoms with Crippen LogP contribution in [-0.2, 0) is 10.8 Å². The van der Waals surface area contributed by atoms with Crippen molar-refractivity contribution in [1.29, 1.82) is 0 Å². The zero-order valence-corrected chi connectivity index (χ0v) is 35.2. The summed E-state index contributed by atoms with van der Waals surface area (Å²) in [6.45, 7) is 17.4. The molecule has 0 aromatic heterocycles. The molecule has 0 amide bonds. The minimum Gasteiger partial charge on any atom is -0.383 e. The molecule has 3 N–H and O–H groups in total. The van der Waals surface area contributed by atoms with Gasteiger partial charge in [-0.1, -0.05) is 98.8 Å². The molecule has 5 nitrogen and oxygen atoms in total. The van der Waals surface area contributed by atoms with E-state index >= 15 is 0 Å². The first-order valence-electron chi connectivity index (χ1n) is 20.8. The maximum Gasteiger partial charge on any atom is 0.210 e. The summed E-state index contributed by atoms with van der Waals surface area (Å²) in [6, 6.07) is 36.9. The average Bonchev–Trinajstić information content (AvgIpc) is 3.59. The van der Waals surface area contributed by atoms with Gasteiger partial charge in [0.05, 0.1) is 5.41 Å². The highest BCUT2D eigenvalue weighted by atomic mass is 32.1. The number of anilines is 2. The van der Waals surface area contributed by atoms with E-state index in [1.807, 2.05) is 30.3 Å². The zero-order chi connectivity index (χ0) is 39.7. The SMILES string of the molecule is CCN1/C(=C/C=C2\CCCC(/C=C/C3=[N+](CC)c4ccc5ccccc5c4C3(C)C)=C2NCCNC(=S)Nc2ccccc2)C(C)(C)c2c1ccc1ccccc21. The molecule has 57 heavy (non-hydrogen) atoms. The van der Waals surface area contributed by atoms with Crippen molar-refractivity contribution in [2.75, 3.05) is 36.4 Å². The van der Waals surface area contributed by atoms with Gasteiger partial charge in [-0.05, 0) is 128 Å². The quantitative estimate of drug-likeness (QED) is 0.0750. The monoisotopic (exact) mass is 770 g/mol. The van der Waals surface area contributed by atoms with Crippen LogP contribution in [0.15, 0.2) is 150 Å². The number of nitrogens with one attached hydrogen (secondary N) is 3. The van der Waals surface area contributed by atoms with Crippen LogP contribution in [0.5, 0.6) is 0 Å². The van der Waals surface area contributed by atoms with Crippen LogP contribution < -0.4 is 20.9 Å². The lowest BCUT2D eigenvalue weighted by Crippen LogP contribution is -2.35. The Bertz CT molecular complexity index is 2520. The standard InChI is InChI=1S/C51H55N5S/c1-7-55-42-29-25-35-17-12-14-23-40(35)46(42)50(3,4)44(55)31-27-37-19-16-20-38(48(37)52-33-34-53-49(57)54-39-21-10-9-11-22-39)28-32-45-51(5,6)47-41-24-15-13-18-36(41)26-30-43(47)56(45)8-2/h9-15,17-18,21-32H,7-8,16,19-20,33-34H2,1-6H3,(H2,53,54,57)/p+1/b37-27+,44-31+. The predicted octanol–water partition coefficient (Wildman–Crippen LogP) is 11.6. The van der Waals surface area contributed by atoms with Gasteiger partial charge in [0.25, 0.3) is 0 Å². The Labute approximate surface area is 344 Å². The van der Waals surface area contributed by atoms with E-state index in [0.717, 1.165) is 44.6 Å². The number of rotatable bonds is 10. The van der Waals surface area contributed by atoms with Crippen molar-refractivity contribution in [2.24, 2.45) is 0 Å². The van der Waals surface area contributed by atoms with Crippen molar-refractivity contribution >= 4 is 61.6 Å². The maximum absolute atomic E-state index is 5.66. The van der Waals surface area contributed by atoms with Gasteiger partial charge in [0.2, 0.25) is 5.69 Å². The molecule has 0 fully saturated rings. The summed E-state index contributed by atoms with van der Waals surface area (Å²) in [4.78, 5) is 2.52. The number of likely N-dealkylation sites (N-methyl/N-ethyl adjacent to an activating group) is 1. The lowest BCUT2D eigenvalue weighted by Gasteiger charge is -2.27. The summed E-state index contributed by atoms with van der Waals surface area (Å²) in [5.74, 6) is 0. The number of thiocarbonyl (C=S) groups is 1. The van der Waals surface area contributed by atoms with Crippen molar-refractivity contribution in [3.05, 3.63) is 161 Å². The molecule has 0 spiro atoms. The van der Waals surface area contributed by atoms with Crippen molar-refractivity contribution < 1.29 is 4.58 Å². The molecule has 1 aliphatic carbocycles. The van der Waals surface area contributed by atoms with E-state index in [9.17, 15) is 0 Å². The van der Waals surface area contributed by atoms with Crippen molar-refractivity contribution in [3.63, 3.8) is 0 Å². The normalized spacial score (nSPS) is 18.6. The molecule has 8 rings (SSSR count). The smallest absolute Gasteiger partial charge is 0.210 e. The summed E-state index contributed by atoms with van der Waals surface area (Å²) < 4.78 is 2.52. The molecule has 0 atom stereocenters. The number of hydrogen-bond donors (Lipinski definition) is 3. The molecule has 2 heterocycles. The summed E-state index contributed by atoms with van der Waals surface area (Å²) >= 11 is 5.66. The fourth-order valence-electron chi connectivity index (χ4n) is 9.66. The second kappa shape index (κ2) is 15.8. The van der Waals surface area contributed by atoms with Gasteiger partial charge in [-0.15, -0.1) is 0 Å². The Hall–Kier alpha value is -5.46. The van der Waals surface area contributed by atoms with E-state index in [-0.39, 0.29) is 10.8 Å².